The Bertz CT molecular complexity index is 272. The van der Waals surface area contributed by atoms with Crippen molar-refractivity contribution in [3.05, 3.63) is 12.2 Å². The highest BCUT2D eigenvalue weighted by Crippen LogP contribution is 2.27. The van der Waals surface area contributed by atoms with E-state index in [-0.39, 0.29) is 30.2 Å². The molecule has 4 atom stereocenters. The summed E-state index contributed by atoms with van der Waals surface area (Å²) in [4.78, 5) is 11.8. The molecule has 0 aromatic heterocycles. The molecule has 1 saturated heterocycles. The Hall–Kier alpha value is -0.830. The van der Waals surface area contributed by atoms with E-state index in [4.69, 9.17) is 9.47 Å². The zero-order chi connectivity index (χ0) is 10.8. The van der Waals surface area contributed by atoms with E-state index in [1.54, 1.807) is 0 Å². The van der Waals surface area contributed by atoms with Crippen molar-refractivity contribution in [2.75, 3.05) is 0 Å². The van der Waals surface area contributed by atoms with Crippen molar-refractivity contribution in [1.82, 2.24) is 0 Å². The predicted octanol–water partition coefficient (Wildman–Crippen LogP) is 2.06. The number of hydrogen-bond donors (Lipinski definition) is 0. The van der Waals surface area contributed by atoms with Crippen molar-refractivity contribution in [2.45, 2.75) is 51.4 Å². The van der Waals surface area contributed by atoms with Crippen LogP contribution in [0.2, 0.25) is 0 Å². The van der Waals surface area contributed by atoms with E-state index in [9.17, 15) is 4.79 Å². The smallest absolute Gasteiger partial charge is 0.312 e. The first-order valence-electron chi connectivity index (χ1n) is 5.69. The minimum Gasteiger partial charge on any atom is -0.462 e. The number of rotatable bonds is 0. The summed E-state index contributed by atoms with van der Waals surface area (Å²) < 4.78 is 11.2. The monoisotopic (exact) mass is 210 g/mol. The van der Waals surface area contributed by atoms with Crippen molar-refractivity contribution in [2.24, 2.45) is 5.92 Å². The maximum absolute atomic E-state index is 11.8. The number of carbonyl (C=O) groups excluding carboxylic acids is 1. The molecule has 84 valence electrons. The molecule has 3 heteroatoms. The molecule has 1 heterocycles. The van der Waals surface area contributed by atoms with Crippen molar-refractivity contribution in [3.8, 4) is 0 Å². The van der Waals surface area contributed by atoms with Crippen LogP contribution in [0.25, 0.3) is 0 Å². The third-order valence-corrected chi connectivity index (χ3v) is 3.04. The molecule has 1 aliphatic carbocycles. The van der Waals surface area contributed by atoms with Gasteiger partial charge in [0.05, 0.1) is 18.1 Å². The number of cyclic esters (lactones) is 1. The van der Waals surface area contributed by atoms with Gasteiger partial charge in [0.1, 0.15) is 6.10 Å². The van der Waals surface area contributed by atoms with Crippen molar-refractivity contribution >= 4 is 5.97 Å². The van der Waals surface area contributed by atoms with Crippen LogP contribution >= 0.6 is 0 Å². The number of fused-ring (bicyclic) bond motifs is 1. The fourth-order valence-electron chi connectivity index (χ4n) is 2.32. The lowest BCUT2D eigenvalue weighted by Gasteiger charge is -2.33. The average molecular weight is 210 g/mol. The lowest BCUT2D eigenvalue weighted by atomic mass is 9.91. The highest BCUT2D eigenvalue weighted by Gasteiger charge is 2.34. The predicted molar refractivity (Wildman–Crippen MR) is 56.4 cm³/mol. The molecule has 0 unspecified atom stereocenters. The molecule has 1 fully saturated rings. The standard InChI is InChI=1S/C12H18O3/c1-8-7-9(2)15-12(13)10-5-3-4-6-11(10)14-8/h4,6,8-11H,3,5,7H2,1-2H3/t8-,9-,10-,11+/m0/s1. The van der Waals surface area contributed by atoms with Gasteiger partial charge < -0.3 is 9.47 Å². The van der Waals surface area contributed by atoms with Crippen LogP contribution in [0.15, 0.2) is 12.2 Å². The van der Waals surface area contributed by atoms with Gasteiger partial charge in [-0.1, -0.05) is 12.2 Å². The molecule has 0 saturated carbocycles. The summed E-state index contributed by atoms with van der Waals surface area (Å²) in [6, 6.07) is 0. The number of ether oxygens (including phenoxy) is 2. The van der Waals surface area contributed by atoms with Crippen LogP contribution in [0.4, 0.5) is 0 Å². The lowest BCUT2D eigenvalue weighted by Crippen LogP contribution is -2.39. The number of hydrogen-bond acceptors (Lipinski definition) is 3. The van der Waals surface area contributed by atoms with Crippen molar-refractivity contribution < 1.29 is 14.3 Å². The van der Waals surface area contributed by atoms with Crippen molar-refractivity contribution in [3.63, 3.8) is 0 Å². The first-order chi connectivity index (χ1) is 7.16. The van der Waals surface area contributed by atoms with Gasteiger partial charge in [-0.05, 0) is 26.7 Å². The van der Waals surface area contributed by atoms with E-state index in [1.807, 2.05) is 19.9 Å². The molecule has 0 amide bonds. The third-order valence-electron chi connectivity index (χ3n) is 3.04. The molecule has 0 N–H and O–H groups in total. The molecule has 0 spiro atoms. The number of allylic oxidation sites excluding steroid dienone is 1. The molecular formula is C12H18O3. The zero-order valence-corrected chi connectivity index (χ0v) is 9.31. The lowest BCUT2D eigenvalue weighted by molar-refractivity contribution is -0.168. The molecule has 2 rings (SSSR count). The summed E-state index contributed by atoms with van der Waals surface area (Å²) in [7, 11) is 0. The molecule has 0 aromatic rings. The number of carbonyl (C=O) groups is 1. The van der Waals surface area contributed by atoms with Crippen LogP contribution in [0.3, 0.4) is 0 Å². The van der Waals surface area contributed by atoms with Crippen molar-refractivity contribution in [1.29, 1.82) is 0 Å². The van der Waals surface area contributed by atoms with Gasteiger partial charge in [-0.3, -0.25) is 4.79 Å². The van der Waals surface area contributed by atoms with E-state index in [0.29, 0.717) is 0 Å². The quantitative estimate of drug-likeness (QED) is 0.453. The molecule has 3 nitrogen and oxygen atoms in total. The van der Waals surface area contributed by atoms with Crippen LogP contribution in [-0.4, -0.2) is 24.3 Å². The summed E-state index contributed by atoms with van der Waals surface area (Å²) >= 11 is 0. The Labute approximate surface area is 90.4 Å². The maximum Gasteiger partial charge on any atom is 0.312 e. The first kappa shape index (κ1) is 10.7. The summed E-state index contributed by atoms with van der Waals surface area (Å²) in [6.45, 7) is 3.96. The average Bonchev–Trinajstić information content (AvgIpc) is 2.16. The highest BCUT2D eigenvalue weighted by molar-refractivity contribution is 5.74. The highest BCUT2D eigenvalue weighted by atomic mass is 16.6. The normalized spacial score (nSPS) is 41.3. The molecule has 0 radical (unpaired) electrons. The number of esters is 1. The van der Waals surface area contributed by atoms with Crippen LogP contribution in [0, 0.1) is 5.92 Å². The van der Waals surface area contributed by atoms with Gasteiger partial charge in [-0.25, -0.2) is 0 Å². The first-order valence-corrected chi connectivity index (χ1v) is 5.69. The van der Waals surface area contributed by atoms with Gasteiger partial charge in [0, 0.05) is 6.42 Å². The SMILES string of the molecule is C[C@H]1C[C@H](C)O[C@@H]2C=CCC[C@@H]2C(=O)O1. The topological polar surface area (TPSA) is 35.5 Å². The van der Waals surface area contributed by atoms with Crippen LogP contribution in [0.5, 0.6) is 0 Å². The minimum atomic E-state index is -0.0970. The van der Waals surface area contributed by atoms with Crippen LogP contribution in [0.1, 0.15) is 33.1 Å². The summed E-state index contributed by atoms with van der Waals surface area (Å²) in [5, 5.41) is 0. The Kier molecular flexibility index (Phi) is 3.10. The molecule has 1 aliphatic heterocycles. The third kappa shape index (κ3) is 2.40. The zero-order valence-electron chi connectivity index (χ0n) is 9.31. The molecule has 2 aliphatic rings. The molecule has 0 aromatic carbocycles. The van der Waals surface area contributed by atoms with Gasteiger partial charge in [0.2, 0.25) is 0 Å². The second kappa shape index (κ2) is 4.35. The second-order valence-electron chi connectivity index (χ2n) is 4.51. The Balaban J connectivity index is 2.14. The van der Waals surface area contributed by atoms with E-state index >= 15 is 0 Å². The second-order valence-corrected chi connectivity index (χ2v) is 4.51. The fraction of sp³-hybridized carbons (Fsp3) is 0.750. The van der Waals surface area contributed by atoms with E-state index in [0.717, 1.165) is 19.3 Å². The van der Waals surface area contributed by atoms with Crippen LogP contribution in [-0.2, 0) is 14.3 Å². The van der Waals surface area contributed by atoms with Gasteiger partial charge in [0.15, 0.2) is 0 Å². The minimum absolute atomic E-state index is 0.0284. The van der Waals surface area contributed by atoms with E-state index in [1.165, 1.54) is 0 Å². The summed E-state index contributed by atoms with van der Waals surface area (Å²) in [5.41, 5.74) is 0. The van der Waals surface area contributed by atoms with Gasteiger partial charge in [-0.2, -0.15) is 0 Å². The molecule has 15 heavy (non-hydrogen) atoms. The van der Waals surface area contributed by atoms with Gasteiger partial charge in [-0.15, -0.1) is 0 Å². The van der Waals surface area contributed by atoms with E-state index < -0.39 is 0 Å². The van der Waals surface area contributed by atoms with Gasteiger partial charge >= 0.3 is 5.97 Å². The largest absolute Gasteiger partial charge is 0.462 e. The fourth-order valence-corrected chi connectivity index (χ4v) is 2.32. The summed E-state index contributed by atoms with van der Waals surface area (Å²) in [5.74, 6) is -0.191. The Morgan fingerprint density at radius 2 is 2.13 bits per heavy atom. The van der Waals surface area contributed by atoms with E-state index in [2.05, 4.69) is 6.08 Å². The molecule has 0 bridgehead atoms. The van der Waals surface area contributed by atoms with Gasteiger partial charge in [0.25, 0.3) is 0 Å². The van der Waals surface area contributed by atoms with Crippen LogP contribution < -0.4 is 0 Å². The maximum atomic E-state index is 11.8. The molecular weight excluding hydrogens is 192 g/mol. The Morgan fingerprint density at radius 1 is 1.33 bits per heavy atom. The Morgan fingerprint density at radius 3 is 2.93 bits per heavy atom. The summed E-state index contributed by atoms with van der Waals surface area (Å²) in [6.07, 6.45) is 6.72.